The molecular formula is C14H24N6O. The molecule has 0 fully saturated rings. The molecule has 2 aromatic rings. The lowest BCUT2D eigenvalue weighted by molar-refractivity contribution is 0.422. The predicted molar refractivity (Wildman–Crippen MR) is 82.2 cm³/mol. The minimum atomic E-state index is -0.109. The molecule has 7 heteroatoms. The highest BCUT2D eigenvalue weighted by Crippen LogP contribution is 2.05. The van der Waals surface area contributed by atoms with Gasteiger partial charge in [-0.3, -0.25) is 4.79 Å². The van der Waals surface area contributed by atoms with E-state index in [2.05, 4.69) is 34.6 Å². The second-order valence-electron chi connectivity index (χ2n) is 5.32. The van der Waals surface area contributed by atoms with E-state index >= 15 is 0 Å². The van der Waals surface area contributed by atoms with E-state index in [1.807, 2.05) is 0 Å². The molecule has 0 amide bonds. The maximum Gasteiger partial charge on any atom is 0.280 e. The van der Waals surface area contributed by atoms with Crippen LogP contribution in [0.5, 0.6) is 0 Å². The number of aryl methyl sites for hydroxylation is 2. The van der Waals surface area contributed by atoms with Crippen molar-refractivity contribution in [1.29, 1.82) is 0 Å². The first-order valence-electron chi connectivity index (χ1n) is 7.66. The molecular weight excluding hydrogens is 268 g/mol. The highest BCUT2D eigenvalue weighted by molar-refractivity contribution is 5.72. The summed E-state index contributed by atoms with van der Waals surface area (Å²) in [5.41, 5.74) is 0.426. The van der Waals surface area contributed by atoms with Crippen molar-refractivity contribution in [3.63, 3.8) is 0 Å². The minimum absolute atomic E-state index is 0.109. The Balaban J connectivity index is 1.97. The van der Waals surface area contributed by atoms with Crippen molar-refractivity contribution in [1.82, 2.24) is 30.1 Å². The summed E-state index contributed by atoms with van der Waals surface area (Å²) in [7, 11) is 1.76. The molecule has 0 saturated carbocycles. The van der Waals surface area contributed by atoms with Crippen LogP contribution >= 0.6 is 0 Å². The van der Waals surface area contributed by atoms with E-state index < -0.39 is 0 Å². The van der Waals surface area contributed by atoms with E-state index in [-0.39, 0.29) is 5.56 Å². The average Bonchev–Trinajstić information content (AvgIpc) is 2.87. The van der Waals surface area contributed by atoms with Gasteiger partial charge in [-0.2, -0.15) is 5.10 Å². The first-order valence-corrected chi connectivity index (χ1v) is 7.66. The number of nitrogens with zero attached hydrogens (tertiary/aromatic N) is 5. The fourth-order valence-electron chi connectivity index (χ4n) is 2.41. The van der Waals surface area contributed by atoms with Gasteiger partial charge < -0.3 is 5.32 Å². The zero-order chi connectivity index (χ0) is 15.2. The van der Waals surface area contributed by atoms with Crippen molar-refractivity contribution < 1.29 is 0 Å². The molecule has 0 saturated heterocycles. The first kappa shape index (κ1) is 15.6. The molecule has 21 heavy (non-hydrogen) atoms. The van der Waals surface area contributed by atoms with Crippen molar-refractivity contribution in [2.75, 3.05) is 6.54 Å². The molecule has 0 aliphatic rings. The Labute approximate surface area is 124 Å². The van der Waals surface area contributed by atoms with Crippen LogP contribution in [0.1, 0.15) is 39.5 Å². The summed E-state index contributed by atoms with van der Waals surface area (Å²) in [6.07, 6.45) is 5.74. The third-order valence-corrected chi connectivity index (χ3v) is 3.72. The van der Waals surface area contributed by atoms with Gasteiger partial charge in [-0.1, -0.05) is 19.1 Å². The van der Waals surface area contributed by atoms with Gasteiger partial charge in [0.25, 0.3) is 5.56 Å². The van der Waals surface area contributed by atoms with E-state index in [1.165, 1.54) is 4.68 Å². The van der Waals surface area contributed by atoms with Crippen molar-refractivity contribution in [2.24, 2.45) is 7.05 Å². The van der Waals surface area contributed by atoms with Crippen LogP contribution in [-0.2, 0) is 13.6 Å². The van der Waals surface area contributed by atoms with Gasteiger partial charge in [0.2, 0.25) is 0 Å². The lowest BCUT2D eigenvalue weighted by Crippen LogP contribution is -2.30. The topological polar surface area (TPSA) is 77.6 Å². The Hall–Kier alpha value is -1.76. The number of fused-ring (bicyclic) bond motifs is 1. The molecule has 2 heterocycles. The quantitative estimate of drug-likeness (QED) is 0.788. The molecule has 2 rings (SSSR count). The summed E-state index contributed by atoms with van der Waals surface area (Å²) in [6, 6.07) is 0.510. The average molecular weight is 292 g/mol. The van der Waals surface area contributed by atoms with Gasteiger partial charge in [-0.15, -0.1) is 5.10 Å². The Bertz CT molecular complexity index is 632. The molecule has 0 aromatic carbocycles. The zero-order valence-electron chi connectivity index (χ0n) is 13.0. The molecule has 0 aliphatic heterocycles. The van der Waals surface area contributed by atoms with Gasteiger partial charge in [0.05, 0.1) is 6.20 Å². The predicted octanol–water partition coefficient (Wildman–Crippen LogP) is 1.08. The van der Waals surface area contributed by atoms with E-state index in [0.717, 1.165) is 32.2 Å². The van der Waals surface area contributed by atoms with Crippen molar-refractivity contribution in [2.45, 2.75) is 52.1 Å². The normalized spacial score (nSPS) is 12.9. The third-order valence-electron chi connectivity index (χ3n) is 3.72. The van der Waals surface area contributed by atoms with Crippen LogP contribution in [0.3, 0.4) is 0 Å². The molecule has 2 aromatic heterocycles. The minimum Gasteiger partial charge on any atom is -0.314 e. The largest absolute Gasteiger partial charge is 0.314 e. The second-order valence-corrected chi connectivity index (χ2v) is 5.32. The Morgan fingerprint density at radius 1 is 1.38 bits per heavy atom. The standard InChI is InChI=1S/C14H24N6O/c1-4-8-15-11(5-2)7-6-9-20-14(21)12-10-16-19(3)13(12)17-18-20/h10-11,15H,4-9H2,1-3H3. The van der Waals surface area contributed by atoms with Gasteiger partial charge in [0, 0.05) is 19.6 Å². The number of aromatic nitrogens is 5. The highest BCUT2D eigenvalue weighted by atomic mass is 16.1. The van der Waals surface area contributed by atoms with Gasteiger partial charge in [-0.05, 0) is 32.2 Å². The summed E-state index contributed by atoms with van der Waals surface area (Å²) in [5.74, 6) is 0. The monoisotopic (exact) mass is 292 g/mol. The molecule has 1 atom stereocenters. The third kappa shape index (κ3) is 3.66. The molecule has 0 bridgehead atoms. The molecule has 0 radical (unpaired) electrons. The van der Waals surface area contributed by atoms with Crippen molar-refractivity contribution in [3.05, 3.63) is 16.6 Å². The molecule has 1 unspecified atom stereocenters. The smallest absolute Gasteiger partial charge is 0.280 e. The number of hydrogen-bond donors (Lipinski definition) is 1. The molecule has 0 spiro atoms. The maximum atomic E-state index is 12.3. The van der Waals surface area contributed by atoms with Crippen LogP contribution < -0.4 is 10.9 Å². The summed E-state index contributed by atoms with van der Waals surface area (Å²) in [6.45, 7) is 5.99. The van der Waals surface area contributed by atoms with Crippen LogP contribution in [0.25, 0.3) is 11.0 Å². The van der Waals surface area contributed by atoms with Gasteiger partial charge in [-0.25, -0.2) is 9.36 Å². The summed E-state index contributed by atoms with van der Waals surface area (Å²) >= 11 is 0. The van der Waals surface area contributed by atoms with Crippen LogP contribution in [-0.4, -0.2) is 37.4 Å². The maximum absolute atomic E-state index is 12.3. The summed E-state index contributed by atoms with van der Waals surface area (Å²) in [4.78, 5) is 12.3. The fourth-order valence-corrected chi connectivity index (χ4v) is 2.41. The summed E-state index contributed by atoms with van der Waals surface area (Å²) < 4.78 is 3.01. The SMILES string of the molecule is CCCNC(CC)CCCn1nnc2c(cnn2C)c1=O. The number of rotatable bonds is 8. The van der Waals surface area contributed by atoms with E-state index in [1.54, 1.807) is 17.9 Å². The van der Waals surface area contributed by atoms with E-state index in [0.29, 0.717) is 23.6 Å². The lowest BCUT2D eigenvalue weighted by atomic mass is 10.1. The lowest BCUT2D eigenvalue weighted by Gasteiger charge is -2.16. The number of nitrogens with one attached hydrogen (secondary N) is 1. The molecule has 1 N–H and O–H groups in total. The molecule has 0 aliphatic carbocycles. The van der Waals surface area contributed by atoms with Gasteiger partial charge in [0.1, 0.15) is 5.39 Å². The Kier molecular flexibility index (Phi) is 5.44. The first-order chi connectivity index (χ1) is 10.2. The van der Waals surface area contributed by atoms with Crippen LogP contribution in [0.4, 0.5) is 0 Å². The molecule has 7 nitrogen and oxygen atoms in total. The van der Waals surface area contributed by atoms with Gasteiger partial charge >= 0.3 is 0 Å². The van der Waals surface area contributed by atoms with Crippen LogP contribution in [0, 0.1) is 0 Å². The highest BCUT2D eigenvalue weighted by Gasteiger charge is 2.10. The summed E-state index contributed by atoms with van der Waals surface area (Å²) in [5, 5.41) is 16.2. The van der Waals surface area contributed by atoms with Crippen molar-refractivity contribution in [3.8, 4) is 0 Å². The number of hydrogen-bond acceptors (Lipinski definition) is 5. The van der Waals surface area contributed by atoms with Gasteiger partial charge in [0.15, 0.2) is 5.65 Å². The fraction of sp³-hybridized carbons (Fsp3) is 0.714. The zero-order valence-corrected chi connectivity index (χ0v) is 13.0. The van der Waals surface area contributed by atoms with E-state index in [4.69, 9.17) is 0 Å². The second kappa shape index (κ2) is 7.31. The van der Waals surface area contributed by atoms with Crippen molar-refractivity contribution >= 4 is 11.0 Å². The Morgan fingerprint density at radius 3 is 2.90 bits per heavy atom. The van der Waals surface area contributed by atoms with Crippen LogP contribution in [0.2, 0.25) is 0 Å². The van der Waals surface area contributed by atoms with E-state index in [9.17, 15) is 4.79 Å². The Morgan fingerprint density at radius 2 is 2.19 bits per heavy atom. The van der Waals surface area contributed by atoms with Crippen LogP contribution in [0.15, 0.2) is 11.0 Å². The molecule has 116 valence electrons.